The first kappa shape index (κ1) is 16.7. The van der Waals surface area contributed by atoms with Crippen LogP contribution in [0.2, 0.25) is 0 Å². The lowest BCUT2D eigenvalue weighted by atomic mass is 9.99. The molecule has 0 radical (unpaired) electrons. The van der Waals surface area contributed by atoms with Crippen molar-refractivity contribution in [3.63, 3.8) is 0 Å². The van der Waals surface area contributed by atoms with E-state index in [0.29, 0.717) is 5.56 Å². The molecule has 2 aromatic carbocycles. The lowest BCUT2D eigenvalue weighted by Crippen LogP contribution is -2.30. The fourth-order valence-electron chi connectivity index (χ4n) is 3.23. The molecule has 0 amide bonds. The van der Waals surface area contributed by atoms with Crippen molar-refractivity contribution in [1.29, 1.82) is 0 Å². The maximum atomic E-state index is 13.2. The van der Waals surface area contributed by atoms with Gasteiger partial charge in [-0.2, -0.15) is 4.57 Å². The molecule has 0 fully saturated rings. The van der Waals surface area contributed by atoms with Crippen molar-refractivity contribution >= 4 is 11.0 Å². The number of hydrogen-bond donors (Lipinski definition) is 2. The molecule has 27 heavy (non-hydrogen) atoms. The Kier molecular flexibility index (Phi) is 3.81. The van der Waals surface area contributed by atoms with Gasteiger partial charge in [-0.1, -0.05) is 23.9 Å². The molecule has 0 saturated heterocycles. The molecule has 0 unspecified atom stereocenters. The minimum atomic E-state index is -0.878. The van der Waals surface area contributed by atoms with Crippen molar-refractivity contribution in [2.45, 2.75) is 6.92 Å². The molecule has 0 spiro atoms. The van der Waals surface area contributed by atoms with Crippen LogP contribution in [0, 0.1) is 6.92 Å². The lowest BCUT2D eigenvalue weighted by molar-refractivity contribution is -0.595. The predicted molar refractivity (Wildman–Crippen MR) is 97.0 cm³/mol. The molecule has 4 aromatic rings. The van der Waals surface area contributed by atoms with Crippen LogP contribution in [0.3, 0.4) is 0 Å². The van der Waals surface area contributed by atoms with Gasteiger partial charge in [-0.05, 0) is 30.7 Å². The van der Waals surface area contributed by atoms with E-state index in [2.05, 4.69) is 0 Å². The summed E-state index contributed by atoms with van der Waals surface area (Å²) in [6.07, 6.45) is 3.27. The SMILES string of the molecule is Cc1cccc2oc(=O)c(-c3c(O)ccc(O)c3-[n+]3ccccc3)c([O-])c12. The van der Waals surface area contributed by atoms with Crippen molar-refractivity contribution in [3.05, 3.63) is 76.9 Å². The van der Waals surface area contributed by atoms with Gasteiger partial charge in [0.25, 0.3) is 5.69 Å². The second-order valence-corrected chi connectivity index (χ2v) is 6.15. The third kappa shape index (κ3) is 2.58. The molecule has 0 saturated carbocycles. The number of pyridine rings is 1. The van der Waals surface area contributed by atoms with Gasteiger partial charge >= 0.3 is 5.63 Å². The summed E-state index contributed by atoms with van der Waals surface area (Å²) in [6.45, 7) is 1.74. The summed E-state index contributed by atoms with van der Waals surface area (Å²) in [5.41, 5.74) is -0.324. The Bertz CT molecular complexity index is 1230. The highest BCUT2D eigenvalue weighted by molar-refractivity contribution is 5.94. The smallest absolute Gasteiger partial charge is 0.343 e. The number of rotatable bonds is 2. The van der Waals surface area contributed by atoms with Crippen LogP contribution in [0.1, 0.15) is 5.56 Å². The summed E-state index contributed by atoms with van der Waals surface area (Å²) >= 11 is 0. The first-order valence-electron chi connectivity index (χ1n) is 8.24. The number of fused-ring (bicyclic) bond motifs is 1. The van der Waals surface area contributed by atoms with Crippen LogP contribution < -0.4 is 15.3 Å². The Hall–Kier alpha value is -3.80. The second-order valence-electron chi connectivity index (χ2n) is 6.15. The van der Waals surface area contributed by atoms with Gasteiger partial charge in [0, 0.05) is 17.5 Å². The molecule has 0 aliphatic rings. The molecule has 0 aliphatic heterocycles. The monoisotopic (exact) mass is 361 g/mol. The van der Waals surface area contributed by atoms with Gasteiger partial charge in [0.1, 0.15) is 16.9 Å². The molecule has 134 valence electrons. The maximum absolute atomic E-state index is 13.2. The zero-order chi connectivity index (χ0) is 19.1. The number of aryl methyl sites for hydroxylation is 1. The standard InChI is InChI=1S/C21H15NO5/c1-12-6-5-7-15-16(12)20(25)18(21(26)27-15)17-13(23)8-9-14(24)19(17)22-10-3-2-4-11-22/h2-11H,1H3,(H2-,23,24,25,26). The minimum absolute atomic E-state index is 0.0740. The fraction of sp³-hybridized carbons (Fsp3) is 0.0476. The van der Waals surface area contributed by atoms with E-state index in [0.717, 1.165) is 0 Å². The fourth-order valence-corrected chi connectivity index (χ4v) is 3.23. The van der Waals surface area contributed by atoms with Crippen molar-refractivity contribution in [2.75, 3.05) is 0 Å². The van der Waals surface area contributed by atoms with Gasteiger partial charge in [-0.15, -0.1) is 0 Å². The molecule has 4 rings (SSSR count). The third-order valence-corrected chi connectivity index (χ3v) is 4.45. The van der Waals surface area contributed by atoms with Crippen LogP contribution in [0.5, 0.6) is 17.2 Å². The number of nitrogens with zero attached hydrogens (tertiary/aromatic N) is 1. The van der Waals surface area contributed by atoms with Crippen LogP contribution >= 0.6 is 0 Å². The van der Waals surface area contributed by atoms with Gasteiger partial charge in [-0.3, -0.25) is 0 Å². The van der Waals surface area contributed by atoms with E-state index in [1.807, 2.05) is 0 Å². The highest BCUT2D eigenvalue weighted by Crippen LogP contribution is 2.41. The van der Waals surface area contributed by atoms with Crippen molar-refractivity contribution in [2.24, 2.45) is 0 Å². The van der Waals surface area contributed by atoms with Gasteiger partial charge in [-0.25, -0.2) is 4.79 Å². The lowest BCUT2D eigenvalue weighted by Gasteiger charge is -2.18. The number of aromatic hydroxyl groups is 2. The first-order valence-corrected chi connectivity index (χ1v) is 8.24. The topological polar surface area (TPSA) is 97.6 Å². The normalized spacial score (nSPS) is 11.0. The molecule has 2 aromatic heterocycles. The highest BCUT2D eigenvalue weighted by Gasteiger charge is 2.27. The summed E-state index contributed by atoms with van der Waals surface area (Å²) in [6, 6.07) is 12.7. The van der Waals surface area contributed by atoms with Crippen LogP contribution in [0.15, 0.2) is 70.1 Å². The van der Waals surface area contributed by atoms with E-state index in [4.69, 9.17) is 4.42 Å². The summed E-state index contributed by atoms with van der Waals surface area (Å²) in [4.78, 5) is 12.6. The molecule has 0 atom stereocenters. The molecule has 6 heteroatoms. The van der Waals surface area contributed by atoms with Crippen LogP contribution in [-0.4, -0.2) is 10.2 Å². The number of phenols is 2. The van der Waals surface area contributed by atoms with E-state index < -0.39 is 11.4 Å². The second kappa shape index (κ2) is 6.17. The van der Waals surface area contributed by atoms with Crippen molar-refractivity contribution in [1.82, 2.24) is 0 Å². The molecule has 2 heterocycles. The molecular weight excluding hydrogens is 346 g/mol. The van der Waals surface area contributed by atoms with Crippen molar-refractivity contribution < 1.29 is 24.3 Å². The quantitative estimate of drug-likeness (QED) is 0.325. The minimum Gasteiger partial charge on any atom is -0.871 e. The largest absolute Gasteiger partial charge is 0.871 e. The average molecular weight is 361 g/mol. The van der Waals surface area contributed by atoms with Gasteiger partial charge in [0.05, 0.1) is 5.56 Å². The van der Waals surface area contributed by atoms with Crippen LogP contribution in [0.25, 0.3) is 27.8 Å². The Morgan fingerprint density at radius 1 is 0.926 bits per heavy atom. The van der Waals surface area contributed by atoms with Crippen LogP contribution in [-0.2, 0) is 0 Å². The zero-order valence-electron chi connectivity index (χ0n) is 14.3. The summed E-state index contributed by atoms with van der Waals surface area (Å²) in [5, 5.41) is 34.3. The molecule has 2 N–H and O–H groups in total. The average Bonchev–Trinajstić information content (AvgIpc) is 2.65. The Morgan fingerprint density at radius 3 is 2.37 bits per heavy atom. The summed E-state index contributed by atoms with van der Waals surface area (Å²) in [5.74, 6) is -1.06. The Labute approximate surface area is 153 Å². The molecule has 0 bridgehead atoms. The van der Waals surface area contributed by atoms with E-state index >= 15 is 0 Å². The van der Waals surface area contributed by atoms with E-state index in [1.54, 1.807) is 55.7 Å². The molecular formula is C21H15NO5. The number of aromatic nitrogens is 1. The number of benzene rings is 2. The summed E-state index contributed by atoms with van der Waals surface area (Å²) < 4.78 is 6.86. The molecule has 0 aliphatic carbocycles. The van der Waals surface area contributed by atoms with Gasteiger partial charge < -0.3 is 19.7 Å². The highest BCUT2D eigenvalue weighted by atomic mass is 16.4. The summed E-state index contributed by atoms with van der Waals surface area (Å²) in [7, 11) is 0. The maximum Gasteiger partial charge on any atom is 0.343 e. The van der Waals surface area contributed by atoms with E-state index in [1.165, 1.54) is 16.7 Å². The molecule has 6 nitrogen and oxygen atoms in total. The first-order chi connectivity index (χ1) is 13.0. The van der Waals surface area contributed by atoms with Gasteiger partial charge in [0.15, 0.2) is 18.1 Å². The predicted octanol–water partition coefficient (Wildman–Crippen LogP) is 2.53. The van der Waals surface area contributed by atoms with E-state index in [-0.39, 0.29) is 39.3 Å². The van der Waals surface area contributed by atoms with E-state index in [9.17, 15) is 20.1 Å². The zero-order valence-corrected chi connectivity index (χ0v) is 14.3. The van der Waals surface area contributed by atoms with Crippen LogP contribution in [0.4, 0.5) is 0 Å². The third-order valence-electron chi connectivity index (χ3n) is 4.45. The number of hydrogen-bond acceptors (Lipinski definition) is 5. The number of phenolic OH excluding ortho intramolecular Hbond substituents is 2. The van der Waals surface area contributed by atoms with Crippen molar-refractivity contribution in [3.8, 4) is 34.1 Å². The Morgan fingerprint density at radius 2 is 1.63 bits per heavy atom. The Balaban J connectivity index is 2.17. The van der Waals surface area contributed by atoms with Gasteiger partial charge in [0.2, 0.25) is 0 Å².